The first-order valence-corrected chi connectivity index (χ1v) is 5.75. The van der Waals surface area contributed by atoms with Crippen molar-refractivity contribution in [1.29, 1.82) is 0 Å². The summed E-state index contributed by atoms with van der Waals surface area (Å²) in [6.07, 6.45) is 2.07. The number of carbonyl (C=O) groups is 1. The Bertz CT molecular complexity index is 356. The summed E-state index contributed by atoms with van der Waals surface area (Å²) in [6, 6.07) is 3.14. The van der Waals surface area contributed by atoms with E-state index >= 15 is 0 Å². The highest BCUT2D eigenvalue weighted by Crippen LogP contribution is 2.05. The number of aromatic nitrogens is 1. The quantitative estimate of drug-likeness (QED) is 0.745. The number of hydrogen-bond acceptors (Lipinski definition) is 3. The molecular formula is C11H16ClN3O2. The Hall–Kier alpha value is -1.33. The van der Waals surface area contributed by atoms with Gasteiger partial charge < -0.3 is 15.7 Å². The van der Waals surface area contributed by atoms with E-state index in [2.05, 4.69) is 15.6 Å². The van der Waals surface area contributed by atoms with Crippen LogP contribution in [0.3, 0.4) is 0 Å². The van der Waals surface area contributed by atoms with Crippen LogP contribution in [0, 0.1) is 0 Å². The molecule has 0 aliphatic heterocycles. The summed E-state index contributed by atoms with van der Waals surface area (Å²) in [5.41, 5.74) is 0.736. The molecule has 3 N–H and O–H groups in total. The van der Waals surface area contributed by atoms with E-state index in [0.29, 0.717) is 18.0 Å². The molecule has 0 fully saturated rings. The second kappa shape index (κ2) is 7.09. The van der Waals surface area contributed by atoms with Gasteiger partial charge in [0.2, 0.25) is 0 Å². The number of halogens is 1. The molecule has 5 nitrogen and oxygen atoms in total. The number of amides is 2. The van der Waals surface area contributed by atoms with Crippen LogP contribution in [0.1, 0.15) is 19.0 Å². The minimum Gasteiger partial charge on any atom is -0.396 e. The van der Waals surface area contributed by atoms with E-state index < -0.39 is 0 Å². The van der Waals surface area contributed by atoms with Gasteiger partial charge >= 0.3 is 6.03 Å². The van der Waals surface area contributed by atoms with E-state index in [1.54, 1.807) is 12.1 Å². The Balaban J connectivity index is 2.30. The van der Waals surface area contributed by atoms with Gasteiger partial charge in [0, 0.05) is 18.8 Å². The van der Waals surface area contributed by atoms with E-state index in [9.17, 15) is 4.79 Å². The van der Waals surface area contributed by atoms with Crippen molar-refractivity contribution in [2.45, 2.75) is 25.9 Å². The van der Waals surface area contributed by atoms with E-state index in [1.165, 1.54) is 6.20 Å². The third-order valence-corrected chi connectivity index (χ3v) is 2.38. The Morgan fingerprint density at radius 2 is 2.35 bits per heavy atom. The van der Waals surface area contributed by atoms with E-state index in [4.69, 9.17) is 16.7 Å². The topological polar surface area (TPSA) is 74.2 Å². The number of rotatable bonds is 5. The fourth-order valence-electron chi connectivity index (χ4n) is 1.22. The summed E-state index contributed by atoms with van der Waals surface area (Å²) >= 11 is 5.69. The largest absolute Gasteiger partial charge is 0.396 e. The average molecular weight is 258 g/mol. The maximum absolute atomic E-state index is 11.4. The van der Waals surface area contributed by atoms with E-state index in [-0.39, 0.29) is 18.7 Å². The summed E-state index contributed by atoms with van der Waals surface area (Å²) in [5.74, 6) is 0. The average Bonchev–Trinajstić information content (AvgIpc) is 2.28. The highest BCUT2D eigenvalue weighted by atomic mass is 35.5. The summed E-state index contributed by atoms with van der Waals surface area (Å²) < 4.78 is 0. The first kappa shape index (κ1) is 13.7. The molecule has 0 aliphatic carbocycles. The van der Waals surface area contributed by atoms with Crippen molar-refractivity contribution in [2.24, 2.45) is 0 Å². The minimum absolute atomic E-state index is 0.0557. The SMILES string of the molecule is CC(CCO)NC(=O)NCc1ccc(Cl)cn1. The Kier molecular flexibility index (Phi) is 5.72. The number of pyridine rings is 1. The van der Waals surface area contributed by atoms with Gasteiger partial charge in [0.25, 0.3) is 0 Å². The summed E-state index contributed by atoms with van der Waals surface area (Å²) in [4.78, 5) is 15.5. The van der Waals surface area contributed by atoms with E-state index in [1.807, 2.05) is 6.92 Å². The minimum atomic E-state index is -0.275. The molecule has 1 heterocycles. The molecule has 0 saturated heterocycles. The van der Waals surface area contributed by atoms with Crippen LogP contribution in [0.5, 0.6) is 0 Å². The van der Waals surface area contributed by atoms with Gasteiger partial charge in [0.05, 0.1) is 17.3 Å². The normalized spacial score (nSPS) is 11.9. The van der Waals surface area contributed by atoms with Gasteiger partial charge in [-0.15, -0.1) is 0 Å². The standard InChI is InChI=1S/C11H16ClN3O2/c1-8(4-5-16)15-11(17)14-7-10-3-2-9(12)6-13-10/h2-3,6,8,16H,4-5,7H2,1H3,(H2,14,15,17). The smallest absolute Gasteiger partial charge is 0.315 e. The zero-order valence-corrected chi connectivity index (χ0v) is 10.4. The highest BCUT2D eigenvalue weighted by Gasteiger charge is 2.06. The molecule has 17 heavy (non-hydrogen) atoms. The van der Waals surface area contributed by atoms with Crippen molar-refractivity contribution in [2.75, 3.05) is 6.61 Å². The van der Waals surface area contributed by atoms with Gasteiger partial charge in [-0.3, -0.25) is 4.98 Å². The molecule has 2 amide bonds. The molecule has 1 aromatic rings. The molecule has 94 valence electrons. The second-order valence-electron chi connectivity index (χ2n) is 3.71. The monoisotopic (exact) mass is 257 g/mol. The van der Waals surface area contributed by atoms with Gasteiger partial charge in [-0.2, -0.15) is 0 Å². The Morgan fingerprint density at radius 3 is 2.94 bits per heavy atom. The predicted molar refractivity (Wildman–Crippen MR) is 65.8 cm³/mol. The first-order chi connectivity index (χ1) is 8.11. The van der Waals surface area contributed by atoms with Gasteiger partial charge in [-0.05, 0) is 25.5 Å². The fraction of sp³-hybridized carbons (Fsp3) is 0.455. The van der Waals surface area contributed by atoms with Gasteiger partial charge in [0.1, 0.15) is 0 Å². The Morgan fingerprint density at radius 1 is 1.59 bits per heavy atom. The zero-order valence-electron chi connectivity index (χ0n) is 9.61. The van der Waals surface area contributed by atoms with Crippen LogP contribution in [-0.4, -0.2) is 28.8 Å². The van der Waals surface area contributed by atoms with Crippen molar-refractivity contribution >= 4 is 17.6 Å². The lowest BCUT2D eigenvalue weighted by atomic mass is 10.2. The molecule has 1 unspecified atom stereocenters. The maximum atomic E-state index is 11.4. The van der Waals surface area contributed by atoms with Crippen LogP contribution in [-0.2, 0) is 6.54 Å². The first-order valence-electron chi connectivity index (χ1n) is 5.37. The molecule has 1 atom stereocenters. The summed E-state index contributed by atoms with van der Waals surface area (Å²) in [7, 11) is 0. The maximum Gasteiger partial charge on any atom is 0.315 e. The predicted octanol–water partition coefficient (Wildman–Crippen LogP) is 1.31. The number of nitrogens with zero attached hydrogens (tertiary/aromatic N) is 1. The number of aliphatic hydroxyl groups is 1. The number of nitrogens with one attached hydrogen (secondary N) is 2. The lowest BCUT2D eigenvalue weighted by Crippen LogP contribution is -2.40. The molecule has 0 aromatic carbocycles. The van der Waals surface area contributed by atoms with Crippen LogP contribution in [0.2, 0.25) is 5.02 Å². The summed E-state index contributed by atoms with van der Waals surface area (Å²) in [6.45, 7) is 2.23. The molecule has 0 saturated carbocycles. The molecule has 6 heteroatoms. The van der Waals surface area contributed by atoms with Crippen molar-refractivity contribution in [3.8, 4) is 0 Å². The van der Waals surface area contributed by atoms with Crippen molar-refractivity contribution in [3.63, 3.8) is 0 Å². The van der Waals surface area contributed by atoms with Crippen molar-refractivity contribution in [3.05, 3.63) is 29.0 Å². The molecule has 1 aromatic heterocycles. The van der Waals surface area contributed by atoms with Crippen LogP contribution in [0.25, 0.3) is 0 Å². The zero-order chi connectivity index (χ0) is 12.7. The van der Waals surface area contributed by atoms with Gasteiger partial charge in [0.15, 0.2) is 0 Å². The third-order valence-electron chi connectivity index (χ3n) is 2.16. The Labute approximate surface area is 105 Å². The summed E-state index contributed by atoms with van der Waals surface area (Å²) in [5, 5.41) is 14.6. The lowest BCUT2D eigenvalue weighted by Gasteiger charge is -2.13. The van der Waals surface area contributed by atoms with Crippen LogP contribution in [0.4, 0.5) is 4.79 Å². The van der Waals surface area contributed by atoms with Gasteiger partial charge in [-0.25, -0.2) is 4.79 Å². The molecule has 0 aliphatic rings. The van der Waals surface area contributed by atoms with Crippen molar-refractivity contribution in [1.82, 2.24) is 15.6 Å². The lowest BCUT2D eigenvalue weighted by molar-refractivity contribution is 0.230. The number of carbonyl (C=O) groups excluding carboxylic acids is 1. The second-order valence-corrected chi connectivity index (χ2v) is 4.14. The van der Waals surface area contributed by atoms with E-state index in [0.717, 1.165) is 5.69 Å². The molecule has 1 rings (SSSR count). The van der Waals surface area contributed by atoms with Crippen molar-refractivity contribution < 1.29 is 9.90 Å². The number of aliphatic hydroxyl groups excluding tert-OH is 1. The van der Waals surface area contributed by atoms with Crippen LogP contribution < -0.4 is 10.6 Å². The fourth-order valence-corrected chi connectivity index (χ4v) is 1.33. The molecule has 0 bridgehead atoms. The third kappa shape index (κ3) is 5.51. The number of urea groups is 1. The number of hydrogen-bond donors (Lipinski definition) is 3. The molecular weight excluding hydrogens is 242 g/mol. The van der Waals surface area contributed by atoms with Crippen LogP contribution >= 0.6 is 11.6 Å². The highest BCUT2D eigenvalue weighted by molar-refractivity contribution is 6.30. The van der Waals surface area contributed by atoms with Crippen LogP contribution in [0.15, 0.2) is 18.3 Å². The van der Waals surface area contributed by atoms with Gasteiger partial charge in [-0.1, -0.05) is 11.6 Å². The molecule has 0 spiro atoms. The molecule has 0 radical (unpaired) electrons.